The maximum absolute atomic E-state index is 11.5. The third kappa shape index (κ3) is 4.31. The van der Waals surface area contributed by atoms with Gasteiger partial charge in [-0.05, 0) is 18.2 Å². The Morgan fingerprint density at radius 1 is 1.25 bits per heavy atom. The van der Waals surface area contributed by atoms with Crippen molar-refractivity contribution in [2.24, 2.45) is 0 Å². The lowest BCUT2D eigenvalue weighted by Gasteiger charge is -2.05. The molecule has 0 unspecified atom stereocenters. The summed E-state index contributed by atoms with van der Waals surface area (Å²) in [5, 5.41) is 13.1. The number of hydrogen-bond donors (Lipinski definition) is 3. The second kappa shape index (κ2) is 6.12. The van der Waals surface area contributed by atoms with E-state index in [4.69, 9.17) is 5.11 Å². The van der Waals surface area contributed by atoms with Crippen molar-refractivity contribution < 1.29 is 14.7 Å². The van der Waals surface area contributed by atoms with E-state index in [1.807, 2.05) is 6.07 Å². The van der Waals surface area contributed by atoms with Crippen LogP contribution in [0.15, 0.2) is 28.7 Å². The maximum atomic E-state index is 11.5. The number of benzene rings is 1. The highest BCUT2D eigenvalue weighted by molar-refractivity contribution is 9.10. The van der Waals surface area contributed by atoms with E-state index in [1.54, 1.807) is 18.2 Å². The van der Waals surface area contributed by atoms with Crippen LogP contribution in [0.4, 0.5) is 4.79 Å². The summed E-state index contributed by atoms with van der Waals surface area (Å²) in [4.78, 5) is 21.7. The van der Waals surface area contributed by atoms with E-state index in [1.165, 1.54) is 0 Å². The maximum Gasteiger partial charge on any atom is 0.404 e. The van der Waals surface area contributed by atoms with Crippen molar-refractivity contribution in [3.63, 3.8) is 0 Å². The highest BCUT2D eigenvalue weighted by Crippen LogP contribution is 2.11. The number of carboxylic acid groups (broad SMARTS) is 1. The minimum absolute atomic E-state index is 0.190. The van der Waals surface area contributed by atoms with Gasteiger partial charge < -0.3 is 15.7 Å². The Morgan fingerprint density at radius 3 is 2.56 bits per heavy atom. The zero-order valence-corrected chi connectivity index (χ0v) is 9.95. The van der Waals surface area contributed by atoms with E-state index in [0.29, 0.717) is 5.56 Å². The highest BCUT2D eigenvalue weighted by atomic mass is 79.9. The number of carbonyl (C=O) groups excluding carboxylic acids is 1. The Bertz CT molecular complexity index is 395. The lowest BCUT2D eigenvalue weighted by molar-refractivity contribution is 0.0953. The molecule has 0 radical (unpaired) electrons. The number of hydrogen-bond acceptors (Lipinski definition) is 2. The molecule has 0 bridgehead atoms. The molecule has 3 N–H and O–H groups in total. The number of carbonyl (C=O) groups is 2. The molecule has 0 aliphatic rings. The molecular weight excluding hydrogens is 276 g/mol. The zero-order valence-electron chi connectivity index (χ0n) is 8.37. The predicted octanol–water partition coefficient (Wildman–Crippen LogP) is 1.45. The van der Waals surface area contributed by atoms with Gasteiger partial charge in [0.05, 0.1) is 0 Å². The first-order valence-corrected chi connectivity index (χ1v) is 5.39. The molecule has 0 saturated heterocycles. The summed E-state index contributed by atoms with van der Waals surface area (Å²) in [5.74, 6) is -0.228. The van der Waals surface area contributed by atoms with Gasteiger partial charge in [-0.2, -0.15) is 0 Å². The van der Waals surface area contributed by atoms with E-state index in [-0.39, 0.29) is 19.0 Å². The van der Waals surface area contributed by atoms with Crippen molar-refractivity contribution in [2.45, 2.75) is 0 Å². The van der Waals surface area contributed by atoms with Crippen molar-refractivity contribution in [3.8, 4) is 0 Å². The van der Waals surface area contributed by atoms with Crippen LogP contribution in [0, 0.1) is 0 Å². The summed E-state index contributed by atoms with van der Waals surface area (Å²) in [7, 11) is 0. The number of rotatable bonds is 4. The average molecular weight is 287 g/mol. The van der Waals surface area contributed by atoms with E-state index >= 15 is 0 Å². The van der Waals surface area contributed by atoms with Crippen molar-refractivity contribution >= 4 is 27.9 Å². The SMILES string of the molecule is O=C(O)NCCNC(=O)c1cccc(Br)c1. The first-order valence-electron chi connectivity index (χ1n) is 4.60. The molecule has 0 atom stereocenters. The Morgan fingerprint density at radius 2 is 1.94 bits per heavy atom. The van der Waals surface area contributed by atoms with Crippen LogP contribution in [0.1, 0.15) is 10.4 Å². The Kier molecular flexibility index (Phi) is 4.78. The summed E-state index contributed by atoms with van der Waals surface area (Å²) >= 11 is 3.26. The molecule has 0 aromatic heterocycles. The van der Waals surface area contributed by atoms with E-state index in [9.17, 15) is 9.59 Å². The Labute approximate surface area is 101 Å². The first kappa shape index (κ1) is 12.5. The molecule has 0 heterocycles. The van der Waals surface area contributed by atoms with Crippen molar-refractivity contribution in [1.29, 1.82) is 0 Å². The third-order valence-corrected chi connectivity index (χ3v) is 2.27. The first-order chi connectivity index (χ1) is 7.59. The zero-order chi connectivity index (χ0) is 12.0. The van der Waals surface area contributed by atoms with Crippen LogP contribution in [0.5, 0.6) is 0 Å². The van der Waals surface area contributed by atoms with Gasteiger partial charge in [-0.15, -0.1) is 0 Å². The van der Waals surface area contributed by atoms with Crippen LogP contribution < -0.4 is 10.6 Å². The van der Waals surface area contributed by atoms with Crippen LogP contribution in [-0.4, -0.2) is 30.2 Å². The number of halogens is 1. The van der Waals surface area contributed by atoms with E-state index in [0.717, 1.165) is 4.47 Å². The smallest absolute Gasteiger partial charge is 0.404 e. The van der Waals surface area contributed by atoms with Crippen LogP contribution in [0.2, 0.25) is 0 Å². The molecule has 0 spiro atoms. The minimum Gasteiger partial charge on any atom is -0.465 e. The van der Waals surface area contributed by atoms with Crippen LogP contribution >= 0.6 is 15.9 Å². The molecule has 0 saturated carbocycles. The minimum atomic E-state index is -1.10. The van der Waals surface area contributed by atoms with Crippen molar-refractivity contribution in [2.75, 3.05) is 13.1 Å². The van der Waals surface area contributed by atoms with Crippen LogP contribution in [0.25, 0.3) is 0 Å². The van der Waals surface area contributed by atoms with Crippen LogP contribution in [0.3, 0.4) is 0 Å². The van der Waals surface area contributed by atoms with Gasteiger partial charge in [-0.1, -0.05) is 22.0 Å². The lowest BCUT2D eigenvalue weighted by Crippen LogP contribution is -2.33. The van der Waals surface area contributed by atoms with Gasteiger partial charge in [0.15, 0.2) is 0 Å². The standard InChI is InChI=1S/C10H11BrN2O3/c11-8-3-1-2-7(6-8)9(14)12-4-5-13-10(15)16/h1-3,6,13H,4-5H2,(H,12,14)(H,15,16). The largest absolute Gasteiger partial charge is 0.465 e. The Hall–Kier alpha value is -1.56. The van der Waals surface area contributed by atoms with E-state index in [2.05, 4.69) is 26.6 Å². The predicted molar refractivity (Wildman–Crippen MR) is 62.5 cm³/mol. The molecule has 1 aromatic rings. The molecule has 6 heteroatoms. The second-order valence-electron chi connectivity index (χ2n) is 3.00. The van der Waals surface area contributed by atoms with Gasteiger partial charge in [0.2, 0.25) is 0 Å². The molecule has 0 aliphatic carbocycles. The molecule has 16 heavy (non-hydrogen) atoms. The van der Waals surface area contributed by atoms with Gasteiger partial charge >= 0.3 is 6.09 Å². The molecule has 0 fully saturated rings. The normalized spacial score (nSPS) is 9.56. The van der Waals surface area contributed by atoms with E-state index < -0.39 is 6.09 Å². The third-order valence-electron chi connectivity index (χ3n) is 1.77. The fourth-order valence-corrected chi connectivity index (χ4v) is 1.48. The molecule has 2 amide bonds. The summed E-state index contributed by atoms with van der Waals surface area (Å²) in [6.45, 7) is 0.451. The molecule has 86 valence electrons. The van der Waals surface area contributed by atoms with Crippen molar-refractivity contribution in [1.82, 2.24) is 10.6 Å². The fourth-order valence-electron chi connectivity index (χ4n) is 1.08. The number of amides is 2. The van der Waals surface area contributed by atoms with Gasteiger partial charge in [-0.3, -0.25) is 4.79 Å². The van der Waals surface area contributed by atoms with Crippen LogP contribution in [-0.2, 0) is 0 Å². The summed E-state index contributed by atoms with van der Waals surface area (Å²) in [5.41, 5.74) is 0.532. The fraction of sp³-hybridized carbons (Fsp3) is 0.200. The second-order valence-corrected chi connectivity index (χ2v) is 3.91. The Balaban J connectivity index is 2.38. The van der Waals surface area contributed by atoms with Crippen molar-refractivity contribution in [3.05, 3.63) is 34.3 Å². The molecular formula is C10H11BrN2O3. The molecule has 1 rings (SSSR count). The van der Waals surface area contributed by atoms with Gasteiger partial charge in [0.1, 0.15) is 0 Å². The monoisotopic (exact) mass is 286 g/mol. The van der Waals surface area contributed by atoms with Gasteiger partial charge in [0, 0.05) is 23.1 Å². The highest BCUT2D eigenvalue weighted by Gasteiger charge is 2.04. The summed E-state index contributed by atoms with van der Waals surface area (Å²) in [6, 6.07) is 6.96. The van der Waals surface area contributed by atoms with Gasteiger partial charge in [-0.25, -0.2) is 4.79 Å². The topological polar surface area (TPSA) is 78.4 Å². The quantitative estimate of drug-likeness (QED) is 0.733. The molecule has 5 nitrogen and oxygen atoms in total. The molecule has 1 aromatic carbocycles. The number of nitrogens with one attached hydrogen (secondary N) is 2. The molecule has 0 aliphatic heterocycles. The lowest BCUT2D eigenvalue weighted by atomic mass is 10.2. The summed E-state index contributed by atoms with van der Waals surface area (Å²) in [6.07, 6.45) is -1.10. The average Bonchev–Trinajstić information content (AvgIpc) is 2.24. The van der Waals surface area contributed by atoms with Gasteiger partial charge in [0.25, 0.3) is 5.91 Å². The summed E-state index contributed by atoms with van der Waals surface area (Å²) < 4.78 is 0.823.